The third kappa shape index (κ3) is 5.06. The van der Waals surface area contributed by atoms with Crippen LogP contribution in [0.25, 0.3) is 0 Å². The Morgan fingerprint density at radius 2 is 1.55 bits per heavy atom. The highest BCUT2D eigenvalue weighted by atomic mass is 16.6. The van der Waals surface area contributed by atoms with E-state index in [0.717, 1.165) is 57.8 Å². The average Bonchev–Trinajstić information content (AvgIpc) is 2.90. The van der Waals surface area contributed by atoms with Crippen molar-refractivity contribution in [3.05, 3.63) is 11.6 Å². The van der Waals surface area contributed by atoms with E-state index >= 15 is 0 Å². The third-order valence-electron chi connectivity index (χ3n) is 14.2. The van der Waals surface area contributed by atoms with Gasteiger partial charge in [-0.3, -0.25) is 9.59 Å². The van der Waals surface area contributed by atoms with Gasteiger partial charge in [0.15, 0.2) is 5.78 Å². The first-order chi connectivity index (χ1) is 20.1. The molecule has 248 valence electrons. The molecule has 0 bridgehead atoms. The van der Waals surface area contributed by atoms with Gasteiger partial charge in [0.1, 0.15) is 5.60 Å². The van der Waals surface area contributed by atoms with Gasteiger partial charge in [-0.15, -0.1) is 0 Å². The van der Waals surface area contributed by atoms with E-state index in [-0.39, 0.29) is 56.7 Å². The number of amides is 2. The number of aliphatic hydroxyl groups is 1. The van der Waals surface area contributed by atoms with Crippen molar-refractivity contribution in [2.24, 2.45) is 50.2 Å². The van der Waals surface area contributed by atoms with E-state index in [0.29, 0.717) is 19.0 Å². The first-order valence-corrected chi connectivity index (χ1v) is 17.3. The smallest absolute Gasteiger partial charge is 0.407 e. The summed E-state index contributed by atoms with van der Waals surface area (Å²) in [7, 11) is 0. The Morgan fingerprint density at radius 3 is 2.20 bits per heavy atom. The van der Waals surface area contributed by atoms with E-state index < -0.39 is 17.1 Å². The van der Waals surface area contributed by atoms with Gasteiger partial charge in [0, 0.05) is 24.4 Å². The largest absolute Gasteiger partial charge is 0.444 e. The van der Waals surface area contributed by atoms with Crippen molar-refractivity contribution >= 4 is 17.8 Å². The van der Waals surface area contributed by atoms with Crippen molar-refractivity contribution in [1.29, 1.82) is 0 Å². The van der Waals surface area contributed by atoms with Gasteiger partial charge in [0.2, 0.25) is 5.91 Å². The third-order valence-corrected chi connectivity index (χ3v) is 14.2. The van der Waals surface area contributed by atoms with Crippen LogP contribution in [0.2, 0.25) is 0 Å². The van der Waals surface area contributed by atoms with Crippen molar-refractivity contribution in [3.63, 3.8) is 0 Å². The number of carbonyl (C=O) groups excluding carboxylic acids is 3. The summed E-state index contributed by atoms with van der Waals surface area (Å²) in [6.45, 7) is 22.3. The molecule has 0 spiro atoms. The van der Waals surface area contributed by atoms with Gasteiger partial charge in [-0.1, -0.05) is 54.0 Å². The molecule has 44 heavy (non-hydrogen) atoms. The molecule has 5 aliphatic rings. The maximum Gasteiger partial charge on any atom is 0.407 e. The summed E-state index contributed by atoms with van der Waals surface area (Å²) in [6, 6.07) is 0. The minimum absolute atomic E-state index is 0.0284. The number of nitrogens with one attached hydrogen (secondary N) is 2. The van der Waals surface area contributed by atoms with E-state index in [2.05, 4.69) is 65.2 Å². The SMILES string of the molecule is CC(C)(C)OC(=O)NCCNC(=O)[C@@]1(C)CC[C@]2(C)CC[C@]3(C)C(=CC(=O)[C@@H]4[C@@]5(C)CC[C@H](O)C(C)(C)[C@@H]5CC[C@]43C)[C@@H]2C1. The number of ether oxygens (including phenoxy) is 1. The number of hydrogen-bond acceptors (Lipinski definition) is 5. The molecular formula is C37H60N2O5. The molecule has 4 saturated carbocycles. The van der Waals surface area contributed by atoms with E-state index in [1.807, 2.05) is 20.8 Å². The summed E-state index contributed by atoms with van der Waals surface area (Å²) in [6.07, 6.45) is 9.68. The van der Waals surface area contributed by atoms with Gasteiger partial charge in [0.25, 0.3) is 0 Å². The second kappa shape index (κ2) is 10.6. The second-order valence-electron chi connectivity index (χ2n) is 18.3. The summed E-state index contributed by atoms with van der Waals surface area (Å²) in [5, 5.41) is 16.8. The molecule has 2 amide bonds. The highest BCUT2D eigenvalue weighted by molar-refractivity contribution is 5.95. The molecule has 5 rings (SSSR count). The highest BCUT2D eigenvalue weighted by Gasteiger charge is 2.70. The fourth-order valence-corrected chi connectivity index (χ4v) is 11.2. The van der Waals surface area contributed by atoms with Gasteiger partial charge < -0.3 is 20.5 Å². The van der Waals surface area contributed by atoms with Crippen LogP contribution < -0.4 is 10.6 Å². The van der Waals surface area contributed by atoms with Crippen LogP contribution in [0.3, 0.4) is 0 Å². The standard InChI is InChI=1S/C37H60N2O5/c1-31(2,3)44-30(43)39-20-19-38-29(42)34(7)16-15-33(6)17-18-36(9)23(24(33)22-34)21-25(40)28-35(8)13-12-27(41)32(4,5)26(35)11-14-37(28,36)10/h21,24,26-28,41H,11-20,22H2,1-10H3,(H,38,42)(H,39,43)/t24-,26-,27-,28+,33+,34-,35-,36+,37+/m0/s1. The number of fused-ring (bicyclic) bond motifs is 7. The summed E-state index contributed by atoms with van der Waals surface area (Å²) in [5.41, 5.74) is -0.314. The molecule has 0 aromatic heterocycles. The van der Waals surface area contributed by atoms with Gasteiger partial charge in [-0.2, -0.15) is 0 Å². The minimum Gasteiger partial charge on any atom is -0.444 e. The minimum atomic E-state index is -0.567. The quantitative estimate of drug-likeness (QED) is 0.298. The molecule has 0 radical (unpaired) electrons. The predicted molar refractivity (Wildman–Crippen MR) is 173 cm³/mol. The number of ketones is 1. The molecular weight excluding hydrogens is 552 g/mol. The fourth-order valence-electron chi connectivity index (χ4n) is 11.2. The summed E-state index contributed by atoms with van der Waals surface area (Å²) in [5.74, 6) is 0.769. The Bertz CT molecular complexity index is 1230. The van der Waals surface area contributed by atoms with E-state index in [4.69, 9.17) is 4.74 Å². The van der Waals surface area contributed by atoms with Crippen LogP contribution in [-0.2, 0) is 14.3 Å². The number of alkyl carbamates (subject to hydrolysis) is 1. The van der Waals surface area contributed by atoms with Crippen LogP contribution in [0.4, 0.5) is 4.79 Å². The molecule has 0 saturated heterocycles. The maximum absolute atomic E-state index is 14.5. The first-order valence-electron chi connectivity index (χ1n) is 17.3. The summed E-state index contributed by atoms with van der Waals surface area (Å²) >= 11 is 0. The van der Waals surface area contributed by atoms with Crippen molar-refractivity contribution in [1.82, 2.24) is 10.6 Å². The molecule has 0 unspecified atom stereocenters. The Kier molecular flexibility index (Phi) is 8.04. The molecule has 7 heteroatoms. The lowest BCUT2D eigenvalue weighted by Gasteiger charge is -2.70. The Hall–Kier alpha value is -1.89. The average molecular weight is 613 g/mol. The van der Waals surface area contributed by atoms with Gasteiger partial charge >= 0.3 is 6.09 Å². The topological polar surface area (TPSA) is 105 Å². The molecule has 0 aromatic rings. The van der Waals surface area contributed by atoms with Crippen LogP contribution in [0.5, 0.6) is 0 Å². The number of allylic oxidation sites excluding steroid dienone is 2. The van der Waals surface area contributed by atoms with E-state index in [9.17, 15) is 19.5 Å². The van der Waals surface area contributed by atoms with Crippen molar-refractivity contribution in [2.75, 3.05) is 13.1 Å². The van der Waals surface area contributed by atoms with Crippen LogP contribution in [0.1, 0.15) is 127 Å². The first kappa shape index (κ1) is 33.5. The van der Waals surface area contributed by atoms with Crippen molar-refractivity contribution in [3.8, 4) is 0 Å². The van der Waals surface area contributed by atoms with E-state index in [1.165, 1.54) is 5.57 Å². The predicted octanol–water partition coefficient (Wildman–Crippen LogP) is 6.97. The molecule has 0 heterocycles. The lowest BCUT2D eigenvalue weighted by Crippen LogP contribution is -2.66. The van der Waals surface area contributed by atoms with E-state index in [1.54, 1.807) is 0 Å². The van der Waals surface area contributed by atoms with Gasteiger partial charge in [0.05, 0.1) is 6.10 Å². The lowest BCUT2D eigenvalue weighted by molar-refractivity contribution is -0.202. The molecule has 0 aromatic carbocycles. The normalized spacial score (nSPS) is 44.6. The molecule has 9 atom stereocenters. The number of hydrogen-bond donors (Lipinski definition) is 3. The zero-order valence-corrected chi connectivity index (χ0v) is 29.2. The monoisotopic (exact) mass is 612 g/mol. The molecule has 3 N–H and O–H groups in total. The lowest BCUT2D eigenvalue weighted by atomic mass is 9.33. The van der Waals surface area contributed by atoms with Gasteiger partial charge in [-0.05, 0) is 124 Å². The number of rotatable bonds is 4. The Balaban J connectivity index is 1.38. The van der Waals surface area contributed by atoms with Crippen LogP contribution >= 0.6 is 0 Å². The van der Waals surface area contributed by atoms with Crippen molar-refractivity contribution in [2.45, 2.75) is 139 Å². The van der Waals surface area contributed by atoms with Crippen molar-refractivity contribution < 1.29 is 24.2 Å². The highest BCUT2D eigenvalue weighted by Crippen LogP contribution is 2.75. The Morgan fingerprint density at radius 1 is 0.909 bits per heavy atom. The maximum atomic E-state index is 14.5. The molecule has 7 nitrogen and oxygen atoms in total. The van der Waals surface area contributed by atoms with Crippen LogP contribution in [0.15, 0.2) is 11.6 Å². The summed E-state index contributed by atoms with van der Waals surface area (Å²) in [4.78, 5) is 40.2. The fraction of sp³-hybridized carbons (Fsp3) is 0.865. The zero-order chi connectivity index (χ0) is 32.7. The zero-order valence-electron chi connectivity index (χ0n) is 29.2. The molecule has 0 aliphatic heterocycles. The number of carbonyl (C=O) groups is 3. The van der Waals surface area contributed by atoms with Crippen LogP contribution in [-0.4, -0.2) is 47.7 Å². The number of aliphatic hydroxyl groups excluding tert-OH is 1. The molecule has 4 fully saturated rings. The van der Waals surface area contributed by atoms with Crippen LogP contribution in [0, 0.1) is 50.2 Å². The summed E-state index contributed by atoms with van der Waals surface area (Å²) < 4.78 is 5.31. The van der Waals surface area contributed by atoms with Gasteiger partial charge in [-0.25, -0.2) is 4.79 Å². The Labute approximate surface area is 266 Å². The second-order valence-corrected chi connectivity index (χ2v) is 18.3. The molecule has 5 aliphatic carbocycles.